The second kappa shape index (κ2) is 6.23. The predicted octanol–water partition coefficient (Wildman–Crippen LogP) is 2.77. The molecule has 2 rings (SSSR count). The third-order valence-corrected chi connectivity index (χ3v) is 2.78. The lowest BCUT2D eigenvalue weighted by atomic mass is 10.2. The van der Waals surface area contributed by atoms with E-state index in [1.165, 1.54) is 0 Å². The number of nitrogens with zero attached hydrogens (tertiary/aromatic N) is 2. The molecule has 2 aromatic rings. The van der Waals surface area contributed by atoms with Gasteiger partial charge in [-0.15, -0.1) is 0 Å². The molecule has 3 N–H and O–H groups in total. The Bertz CT molecular complexity index is 584. The Morgan fingerprint density at radius 3 is 2.80 bits per heavy atom. The first-order chi connectivity index (χ1) is 9.56. The summed E-state index contributed by atoms with van der Waals surface area (Å²) in [6, 6.07) is 7.59. The maximum Gasteiger partial charge on any atom is 0.218 e. The van der Waals surface area contributed by atoms with Crippen LogP contribution in [-0.2, 0) is 6.54 Å². The van der Waals surface area contributed by atoms with E-state index in [1.54, 1.807) is 6.20 Å². The van der Waals surface area contributed by atoms with E-state index in [0.717, 1.165) is 17.1 Å². The molecular weight excluding hydrogens is 252 g/mol. The number of pyridine rings is 2. The number of nitrogens with two attached hydrogens (primary N) is 1. The number of hydrogen-bond donors (Lipinski definition) is 2. The van der Waals surface area contributed by atoms with Crippen molar-refractivity contribution in [2.45, 2.75) is 33.4 Å². The second-order valence-electron chi connectivity index (χ2n) is 4.86. The summed E-state index contributed by atoms with van der Waals surface area (Å²) in [6.45, 7) is 6.46. The highest BCUT2D eigenvalue weighted by Crippen LogP contribution is 2.18. The molecule has 0 aromatic carbocycles. The molecule has 0 amide bonds. The lowest BCUT2D eigenvalue weighted by Gasteiger charge is -2.13. The number of nitrogens with one attached hydrogen (secondary N) is 1. The van der Waals surface area contributed by atoms with Crippen LogP contribution in [-0.4, -0.2) is 16.1 Å². The third kappa shape index (κ3) is 3.60. The molecule has 0 saturated carbocycles. The van der Waals surface area contributed by atoms with Crippen LogP contribution in [0.4, 0.5) is 11.5 Å². The van der Waals surface area contributed by atoms with E-state index >= 15 is 0 Å². The summed E-state index contributed by atoms with van der Waals surface area (Å²) in [5, 5.41) is 3.26. The first-order valence-corrected chi connectivity index (χ1v) is 6.64. The molecule has 0 saturated heterocycles. The minimum atomic E-state index is 0.0977. The minimum Gasteiger partial charge on any atom is -0.475 e. The van der Waals surface area contributed by atoms with Gasteiger partial charge in [-0.1, -0.05) is 6.07 Å². The lowest BCUT2D eigenvalue weighted by Crippen LogP contribution is -2.11. The Hall–Kier alpha value is -2.30. The predicted molar refractivity (Wildman–Crippen MR) is 80.7 cm³/mol. The van der Waals surface area contributed by atoms with E-state index in [4.69, 9.17) is 10.5 Å². The molecule has 106 valence electrons. The molecule has 0 aliphatic heterocycles. The fourth-order valence-corrected chi connectivity index (χ4v) is 1.74. The van der Waals surface area contributed by atoms with Crippen molar-refractivity contribution in [3.63, 3.8) is 0 Å². The van der Waals surface area contributed by atoms with Gasteiger partial charge < -0.3 is 15.8 Å². The van der Waals surface area contributed by atoms with Crippen LogP contribution in [0.5, 0.6) is 5.88 Å². The largest absolute Gasteiger partial charge is 0.475 e. The van der Waals surface area contributed by atoms with E-state index in [1.807, 2.05) is 45.0 Å². The Morgan fingerprint density at radius 1 is 1.30 bits per heavy atom. The van der Waals surface area contributed by atoms with Crippen LogP contribution in [0.25, 0.3) is 0 Å². The van der Waals surface area contributed by atoms with Gasteiger partial charge in [0.05, 0.1) is 17.5 Å². The summed E-state index contributed by atoms with van der Waals surface area (Å²) in [7, 11) is 0. The van der Waals surface area contributed by atoms with Gasteiger partial charge in [-0.05, 0) is 39.0 Å². The maximum atomic E-state index is 5.75. The molecule has 20 heavy (non-hydrogen) atoms. The van der Waals surface area contributed by atoms with Crippen LogP contribution in [0, 0.1) is 6.92 Å². The van der Waals surface area contributed by atoms with E-state index in [-0.39, 0.29) is 6.10 Å². The van der Waals surface area contributed by atoms with Crippen molar-refractivity contribution < 1.29 is 4.74 Å². The van der Waals surface area contributed by atoms with Gasteiger partial charge >= 0.3 is 0 Å². The highest BCUT2D eigenvalue weighted by molar-refractivity contribution is 5.49. The van der Waals surface area contributed by atoms with Crippen molar-refractivity contribution in [3.8, 4) is 5.88 Å². The molecule has 5 heteroatoms. The zero-order chi connectivity index (χ0) is 14.5. The van der Waals surface area contributed by atoms with Crippen molar-refractivity contribution in [1.82, 2.24) is 9.97 Å². The van der Waals surface area contributed by atoms with Gasteiger partial charge in [0.25, 0.3) is 0 Å². The van der Waals surface area contributed by atoms with E-state index in [2.05, 4.69) is 15.3 Å². The Labute approximate surface area is 119 Å². The van der Waals surface area contributed by atoms with Gasteiger partial charge in [-0.3, -0.25) is 0 Å². The Morgan fingerprint density at radius 2 is 2.10 bits per heavy atom. The quantitative estimate of drug-likeness (QED) is 0.875. The molecular formula is C15H20N4O. The number of ether oxygens (including phenoxy) is 1. The Balaban J connectivity index is 2.08. The van der Waals surface area contributed by atoms with Gasteiger partial charge in [-0.25, -0.2) is 9.97 Å². The number of rotatable bonds is 5. The molecule has 0 aliphatic carbocycles. The van der Waals surface area contributed by atoms with Crippen LogP contribution in [0.1, 0.15) is 25.1 Å². The summed E-state index contributed by atoms with van der Waals surface area (Å²) in [5.41, 5.74) is 8.27. The molecule has 2 heterocycles. The summed E-state index contributed by atoms with van der Waals surface area (Å²) in [6.07, 6.45) is 1.83. The monoisotopic (exact) mass is 272 g/mol. The van der Waals surface area contributed by atoms with Crippen LogP contribution in [0.15, 0.2) is 30.5 Å². The summed E-state index contributed by atoms with van der Waals surface area (Å²) >= 11 is 0. The van der Waals surface area contributed by atoms with Crippen molar-refractivity contribution in [3.05, 3.63) is 41.7 Å². The number of aromatic nitrogens is 2. The normalized spacial score (nSPS) is 10.6. The van der Waals surface area contributed by atoms with Gasteiger partial charge in [0, 0.05) is 18.3 Å². The van der Waals surface area contributed by atoms with Crippen LogP contribution >= 0.6 is 0 Å². The highest BCUT2D eigenvalue weighted by Gasteiger charge is 2.07. The molecule has 0 bridgehead atoms. The SMILES string of the molecule is Cc1nc(NCc2cccnc2OC(C)C)ccc1N. The first kappa shape index (κ1) is 14.1. The topological polar surface area (TPSA) is 73.1 Å². The summed E-state index contributed by atoms with van der Waals surface area (Å²) in [4.78, 5) is 8.64. The van der Waals surface area contributed by atoms with Crippen LogP contribution in [0.3, 0.4) is 0 Å². The van der Waals surface area contributed by atoms with Crippen molar-refractivity contribution >= 4 is 11.5 Å². The average molecular weight is 272 g/mol. The minimum absolute atomic E-state index is 0.0977. The molecule has 0 fully saturated rings. The first-order valence-electron chi connectivity index (χ1n) is 6.64. The average Bonchev–Trinajstić information content (AvgIpc) is 2.41. The second-order valence-corrected chi connectivity index (χ2v) is 4.86. The molecule has 0 unspecified atom stereocenters. The molecule has 0 atom stereocenters. The fourth-order valence-electron chi connectivity index (χ4n) is 1.74. The van der Waals surface area contributed by atoms with Crippen LogP contribution in [0.2, 0.25) is 0 Å². The van der Waals surface area contributed by atoms with Gasteiger partial charge in [-0.2, -0.15) is 0 Å². The number of nitrogen functional groups attached to an aromatic ring is 1. The number of aryl methyl sites for hydroxylation is 1. The fraction of sp³-hybridized carbons (Fsp3) is 0.333. The zero-order valence-corrected chi connectivity index (χ0v) is 12.1. The Kier molecular flexibility index (Phi) is 4.40. The molecule has 2 aromatic heterocycles. The third-order valence-electron chi connectivity index (χ3n) is 2.78. The van der Waals surface area contributed by atoms with Gasteiger partial charge in [0.1, 0.15) is 5.82 Å². The lowest BCUT2D eigenvalue weighted by molar-refractivity contribution is 0.230. The number of anilines is 2. The summed E-state index contributed by atoms with van der Waals surface area (Å²) < 4.78 is 5.69. The zero-order valence-electron chi connectivity index (χ0n) is 12.1. The van der Waals surface area contributed by atoms with E-state index < -0.39 is 0 Å². The molecule has 0 aliphatic rings. The van der Waals surface area contributed by atoms with Crippen molar-refractivity contribution in [2.75, 3.05) is 11.1 Å². The van der Waals surface area contributed by atoms with Crippen LogP contribution < -0.4 is 15.8 Å². The number of hydrogen-bond acceptors (Lipinski definition) is 5. The van der Waals surface area contributed by atoms with Gasteiger partial charge in [0.2, 0.25) is 5.88 Å². The molecule has 5 nitrogen and oxygen atoms in total. The highest BCUT2D eigenvalue weighted by atomic mass is 16.5. The van der Waals surface area contributed by atoms with E-state index in [0.29, 0.717) is 18.1 Å². The smallest absolute Gasteiger partial charge is 0.218 e. The molecule has 0 radical (unpaired) electrons. The van der Waals surface area contributed by atoms with Crippen molar-refractivity contribution in [1.29, 1.82) is 0 Å². The summed E-state index contributed by atoms with van der Waals surface area (Å²) in [5.74, 6) is 1.44. The van der Waals surface area contributed by atoms with Gasteiger partial charge in [0.15, 0.2) is 0 Å². The van der Waals surface area contributed by atoms with E-state index in [9.17, 15) is 0 Å². The molecule has 0 spiro atoms. The standard InChI is InChI=1S/C15H20N4O/c1-10(2)20-15-12(5-4-8-17-15)9-18-14-7-6-13(16)11(3)19-14/h4-8,10H,9,16H2,1-3H3,(H,18,19). The maximum absolute atomic E-state index is 5.75. The van der Waals surface area contributed by atoms with Crippen molar-refractivity contribution in [2.24, 2.45) is 0 Å².